The number of aliphatic hydroxyl groups excluding tert-OH is 2. The standard InChI is InChI=1S/C11H17N3O6S/c15-6-5-12-7-9(8-16)13-21(19,20)11-3-1-10(2-4-11)14(17)18/h1-4,9,12-13,15-16H,5-8H2/t9-/m0/s1. The lowest BCUT2D eigenvalue weighted by molar-refractivity contribution is -0.384. The van der Waals surface area contributed by atoms with Crippen molar-refractivity contribution >= 4 is 15.7 Å². The minimum atomic E-state index is -3.89. The molecule has 0 amide bonds. The monoisotopic (exact) mass is 319 g/mol. The Hall–Kier alpha value is -1.59. The van der Waals surface area contributed by atoms with E-state index in [1.54, 1.807) is 0 Å². The van der Waals surface area contributed by atoms with Gasteiger partial charge in [0.05, 0.1) is 29.1 Å². The van der Waals surface area contributed by atoms with E-state index in [0.29, 0.717) is 0 Å². The molecular weight excluding hydrogens is 302 g/mol. The number of non-ortho nitro benzene ring substituents is 1. The molecule has 0 aliphatic rings. The lowest BCUT2D eigenvalue weighted by atomic mass is 10.3. The van der Waals surface area contributed by atoms with Crippen molar-refractivity contribution in [3.05, 3.63) is 34.4 Å². The highest BCUT2D eigenvalue weighted by atomic mass is 32.2. The number of nitro benzene ring substituents is 1. The van der Waals surface area contributed by atoms with Gasteiger partial charge in [0.25, 0.3) is 5.69 Å². The first kappa shape index (κ1) is 17.5. The van der Waals surface area contributed by atoms with E-state index in [1.165, 1.54) is 0 Å². The molecule has 4 N–H and O–H groups in total. The summed E-state index contributed by atoms with van der Waals surface area (Å²) in [6, 6.07) is 3.65. The van der Waals surface area contributed by atoms with Crippen LogP contribution in [0.4, 0.5) is 5.69 Å². The molecule has 1 atom stereocenters. The third kappa shape index (κ3) is 5.36. The summed E-state index contributed by atoms with van der Waals surface area (Å²) >= 11 is 0. The summed E-state index contributed by atoms with van der Waals surface area (Å²) in [6.07, 6.45) is 0. The molecule has 0 spiro atoms. The molecule has 0 aliphatic heterocycles. The molecule has 0 unspecified atom stereocenters. The van der Waals surface area contributed by atoms with Crippen LogP contribution in [0.5, 0.6) is 0 Å². The molecule has 118 valence electrons. The summed E-state index contributed by atoms with van der Waals surface area (Å²) in [5.74, 6) is 0. The first-order valence-corrected chi connectivity index (χ1v) is 7.58. The van der Waals surface area contributed by atoms with Crippen LogP contribution in [0.3, 0.4) is 0 Å². The third-order valence-electron chi connectivity index (χ3n) is 2.58. The van der Waals surface area contributed by atoms with Gasteiger partial charge in [-0.25, -0.2) is 13.1 Å². The summed E-state index contributed by atoms with van der Waals surface area (Å²) in [5.41, 5.74) is -0.211. The fourth-order valence-electron chi connectivity index (χ4n) is 1.53. The Bertz CT molecular complexity index is 560. The summed E-state index contributed by atoms with van der Waals surface area (Å²) in [7, 11) is -3.89. The highest BCUT2D eigenvalue weighted by Crippen LogP contribution is 2.15. The zero-order chi connectivity index (χ0) is 15.9. The average Bonchev–Trinajstić information content (AvgIpc) is 2.46. The van der Waals surface area contributed by atoms with Gasteiger partial charge in [-0.05, 0) is 12.1 Å². The van der Waals surface area contributed by atoms with Crippen LogP contribution in [-0.4, -0.2) is 55.9 Å². The van der Waals surface area contributed by atoms with E-state index >= 15 is 0 Å². The van der Waals surface area contributed by atoms with Gasteiger partial charge in [0.15, 0.2) is 0 Å². The van der Waals surface area contributed by atoms with Crippen molar-refractivity contribution in [2.45, 2.75) is 10.9 Å². The molecule has 0 heterocycles. The van der Waals surface area contributed by atoms with E-state index in [2.05, 4.69) is 10.0 Å². The zero-order valence-corrected chi connectivity index (χ0v) is 11.9. The Morgan fingerprint density at radius 2 is 1.86 bits per heavy atom. The number of benzene rings is 1. The van der Waals surface area contributed by atoms with E-state index < -0.39 is 27.6 Å². The fraction of sp³-hybridized carbons (Fsp3) is 0.455. The first-order chi connectivity index (χ1) is 9.90. The maximum absolute atomic E-state index is 12.0. The highest BCUT2D eigenvalue weighted by molar-refractivity contribution is 7.89. The van der Waals surface area contributed by atoms with Crippen LogP contribution in [0.2, 0.25) is 0 Å². The van der Waals surface area contributed by atoms with Crippen LogP contribution < -0.4 is 10.0 Å². The molecule has 1 rings (SSSR count). The van der Waals surface area contributed by atoms with Gasteiger partial charge >= 0.3 is 0 Å². The van der Waals surface area contributed by atoms with Crippen molar-refractivity contribution in [2.24, 2.45) is 0 Å². The van der Waals surface area contributed by atoms with Crippen molar-refractivity contribution < 1.29 is 23.6 Å². The number of aliphatic hydroxyl groups is 2. The smallest absolute Gasteiger partial charge is 0.269 e. The van der Waals surface area contributed by atoms with Gasteiger partial charge in [-0.2, -0.15) is 0 Å². The number of nitro groups is 1. The Morgan fingerprint density at radius 3 is 2.33 bits per heavy atom. The van der Waals surface area contributed by atoms with Crippen molar-refractivity contribution in [3.63, 3.8) is 0 Å². The lowest BCUT2D eigenvalue weighted by Gasteiger charge is -2.16. The maximum Gasteiger partial charge on any atom is 0.269 e. The minimum Gasteiger partial charge on any atom is -0.395 e. The quantitative estimate of drug-likeness (QED) is 0.255. The maximum atomic E-state index is 12.0. The Kier molecular flexibility index (Phi) is 6.65. The normalized spacial score (nSPS) is 13.0. The number of nitrogens with one attached hydrogen (secondary N) is 2. The van der Waals surface area contributed by atoms with Crippen molar-refractivity contribution in [1.82, 2.24) is 10.0 Å². The predicted octanol–water partition coefficient (Wildman–Crippen LogP) is -1.18. The van der Waals surface area contributed by atoms with E-state index in [0.717, 1.165) is 24.3 Å². The van der Waals surface area contributed by atoms with Gasteiger partial charge in [-0.15, -0.1) is 0 Å². The molecule has 21 heavy (non-hydrogen) atoms. The van der Waals surface area contributed by atoms with Crippen LogP contribution in [0, 0.1) is 10.1 Å². The van der Waals surface area contributed by atoms with Gasteiger partial charge < -0.3 is 15.5 Å². The minimum absolute atomic E-state index is 0.104. The van der Waals surface area contributed by atoms with Crippen LogP contribution in [0.1, 0.15) is 0 Å². The second-order valence-corrected chi connectivity index (χ2v) is 5.89. The molecule has 0 aliphatic carbocycles. The fourth-order valence-corrected chi connectivity index (χ4v) is 2.76. The average molecular weight is 319 g/mol. The van der Waals surface area contributed by atoms with Crippen LogP contribution in [-0.2, 0) is 10.0 Å². The second-order valence-electron chi connectivity index (χ2n) is 4.18. The number of hydrogen-bond donors (Lipinski definition) is 4. The summed E-state index contributed by atoms with van der Waals surface area (Å²) in [5, 5.41) is 31.0. The second kappa shape index (κ2) is 8.00. The molecule has 9 nitrogen and oxygen atoms in total. The summed E-state index contributed by atoms with van der Waals surface area (Å²) in [4.78, 5) is 9.75. The molecular formula is C11H17N3O6S. The lowest BCUT2D eigenvalue weighted by Crippen LogP contribution is -2.44. The Morgan fingerprint density at radius 1 is 1.24 bits per heavy atom. The van der Waals surface area contributed by atoms with E-state index in [9.17, 15) is 18.5 Å². The van der Waals surface area contributed by atoms with E-state index in [1.807, 2.05) is 0 Å². The van der Waals surface area contributed by atoms with Gasteiger partial charge in [0.2, 0.25) is 10.0 Å². The number of rotatable bonds is 9. The van der Waals surface area contributed by atoms with Gasteiger partial charge in [0.1, 0.15) is 0 Å². The van der Waals surface area contributed by atoms with E-state index in [4.69, 9.17) is 10.2 Å². The molecule has 1 aromatic rings. The molecule has 0 saturated carbocycles. The third-order valence-corrected chi connectivity index (χ3v) is 4.12. The molecule has 0 saturated heterocycles. The molecule has 0 radical (unpaired) electrons. The van der Waals surface area contributed by atoms with Crippen molar-refractivity contribution in [3.8, 4) is 0 Å². The predicted molar refractivity (Wildman–Crippen MR) is 74.2 cm³/mol. The van der Waals surface area contributed by atoms with Crippen molar-refractivity contribution in [1.29, 1.82) is 0 Å². The SMILES string of the molecule is O=[N+]([O-])c1ccc(S(=O)(=O)N[C@H](CO)CNCCO)cc1. The highest BCUT2D eigenvalue weighted by Gasteiger charge is 2.20. The first-order valence-electron chi connectivity index (χ1n) is 6.10. The summed E-state index contributed by atoms with van der Waals surface area (Å²) < 4.78 is 26.4. The number of nitrogens with zero attached hydrogens (tertiary/aromatic N) is 1. The van der Waals surface area contributed by atoms with Crippen LogP contribution in [0.25, 0.3) is 0 Å². The molecule has 0 bridgehead atoms. The molecule has 0 aromatic heterocycles. The van der Waals surface area contributed by atoms with E-state index in [-0.39, 0.29) is 30.3 Å². The van der Waals surface area contributed by atoms with Gasteiger partial charge in [0, 0.05) is 25.2 Å². The summed E-state index contributed by atoms with van der Waals surface area (Å²) in [6.45, 7) is -0.114. The molecule has 0 fully saturated rings. The largest absolute Gasteiger partial charge is 0.395 e. The van der Waals surface area contributed by atoms with Crippen LogP contribution >= 0.6 is 0 Å². The van der Waals surface area contributed by atoms with Gasteiger partial charge in [-0.3, -0.25) is 10.1 Å². The molecule has 1 aromatic carbocycles. The Balaban J connectivity index is 2.77. The number of hydrogen-bond acceptors (Lipinski definition) is 7. The van der Waals surface area contributed by atoms with Gasteiger partial charge in [-0.1, -0.05) is 0 Å². The topological polar surface area (TPSA) is 142 Å². The van der Waals surface area contributed by atoms with Crippen molar-refractivity contribution in [2.75, 3.05) is 26.3 Å². The Labute approximate surface area is 121 Å². The number of sulfonamides is 1. The molecule has 10 heteroatoms. The van der Waals surface area contributed by atoms with Crippen LogP contribution in [0.15, 0.2) is 29.2 Å². The zero-order valence-electron chi connectivity index (χ0n) is 11.1.